The maximum atomic E-state index is 11.9. The van der Waals surface area contributed by atoms with Crippen LogP contribution in [0.2, 0.25) is 0 Å². The number of imidazole rings is 1. The van der Waals surface area contributed by atoms with Crippen LogP contribution in [0.1, 0.15) is 88.3 Å². The molecule has 8 heteroatoms. The molecule has 0 bridgehead atoms. The number of hydrogen-bond donors (Lipinski definition) is 2. The second kappa shape index (κ2) is 9.99. The van der Waals surface area contributed by atoms with Crippen LogP contribution in [0.25, 0.3) is 22.7 Å². The molecular weight excluding hydrogens is 452 g/mol. The number of aromatic nitrogens is 5. The van der Waals surface area contributed by atoms with Crippen LogP contribution in [0.5, 0.6) is 0 Å². The molecular formula is C28H36N6O2. The first-order valence-electron chi connectivity index (χ1n) is 13.2. The zero-order valence-corrected chi connectivity index (χ0v) is 21.7. The van der Waals surface area contributed by atoms with Gasteiger partial charge in [0.25, 0.3) is 0 Å². The summed E-state index contributed by atoms with van der Waals surface area (Å²) < 4.78 is 2.18. The quantitative estimate of drug-likeness (QED) is 0.371. The van der Waals surface area contributed by atoms with E-state index >= 15 is 0 Å². The third-order valence-corrected chi connectivity index (χ3v) is 7.88. The number of rotatable bonds is 8. The van der Waals surface area contributed by atoms with Crippen molar-refractivity contribution in [3.8, 4) is 11.5 Å². The molecule has 36 heavy (non-hydrogen) atoms. The Morgan fingerprint density at radius 1 is 1.19 bits per heavy atom. The summed E-state index contributed by atoms with van der Waals surface area (Å²) in [5.74, 6) is 1.26. The summed E-state index contributed by atoms with van der Waals surface area (Å²) in [5.41, 5.74) is 4.57. The molecule has 2 N–H and O–H groups in total. The van der Waals surface area contributed by atoms with Crippen molar-refractivity contribution in [2.45, 2.75) is 84.7 Å². The average molecular weight is 489 g/mol. The minimum Gasteiger partial charge on any atom is -0.475 e. The lowest BCUT2D eigenvalue weighted by Crippen LogP contribution is -2.31. The van der Waals surface area contributed by atoms with E-state index in [0.717, 1.165) is 42.8 Å². The fraction of sp³-hybridized carbons (Fsp3) is 0.536. The number of hydrogen-bond acceptors (Lipinski definition) is 6. The van der Waals surface area contributed by atoms with E-state index in [0.29, 0.717) is 29.2 Å². The van der Waals surface area contributed by atoms with Crippen molar-refractivity contribution < 1.29 is 9.90 Å². The number of anilines is 1. The summed E-state index contributed by atoms with van der Waals surface area (Å²) in [4.78, 5) is 30.3. The Morgan fingerprint density at radius 2 is 2.00 bits per heavy atom. The van der Waals surface area contributed by atoms with Gasteiger partial charge in [-0.3, -0.25) is 4.98 Å². The lowest BCUT2D eigenvalue weighted by Gasteiger charge is -2.32. The zero-order chi connectivity index (χ0) is 25.4. The molecule has 1 saturated carbocycles. The van der Waals surface area contributed by atoms with Gasteiger partial charge in [-0.1, -0.05) is 31.9 Å². The number of aromatic carboxylic acids is 1. The van der Waals surface area contributed by atoms with E-state index < -0.39 is 5.97 Å². The molecule has 0 saturated heterocycles. The van der Waals surface area contributed by atoms with Crippen molar-refractivity contribution in [2.75, 3.05) is 5.32 Å². The van der Waals surface area contributed by atoms with Crippen molar-refractivity contribution in [3.63, 3.8) is 0 Å². The molecule has 8 nitrogen and oxygen atoms in total. The Hall–Kier alpha value is -3.29. The van der Waals surface area contributed by atoms with Crippen molar-refractivity contribution in [2.24, 2.45) is 11.8 Å². The van der Waals surface area contributed by atoms with Gasteiger partial charge in [-0.2, -0.15) is 0 Å². The number of fused-ring (bicyclic) bond motifs is 1. The van der Waals surface area contributed by atoms with Gasteiger partial charge in [0.15, 0.2) is 17.3 Å². The molecule has 2 aliphatic carbocycles. The van der Waals surface area contributed by atoms with E-state index in [4.69, 9.17) is 4.98 Å². The standard InChI is InChI=1S/C28H36N6O2/c1-16(2)21-12-13-29-22(14-21)27-33-25-23(34(27)15-19-10-8-17(3)9-11-19)24(31-26(32-25)28(35)36)30-18(4)20-6-5-7-20/h8,12-14,16,18-20H,5-7,9-11,15H2,1-4H3,(H,35,36)(H,30,31,32). The van der Waals surface area contributed by atoms with E-state index in [1.54, 1.807) is 0 Å². The SMILES string of the molecule is CC1=CCC(Cn2c(-c3cc(C(C)C)ccn3)nc3nc(C(=O)O)nc(NC(C)C4CCC4)c32)CC1. The lowest BCUT2D eigenvalue weighted by atomic mass is 9.80. The molecule has 2 unspecified atom stereocenters. The van der Waals surface area contributed by atoms with E-state index in [2.05, 4.69) is 64.7 Å². The first kappa shape index (κ1) is 24.4. The van der Waals surface area contributed by atoms with Gasteiger partial charge < -0.3 is 15.0 Å². The second-order valence-electron chi connectivity index (χ2n) is 10.9. The monoisotopic (exact) mass is 488 g/mol. The van der Waals surface area contributed by atoms with Gasteiger partial charge in [-0.25, -0.2) is 19.7 Å². The highest BCUT2D eigenvalue weighted by molar-refractivity contribution is 5.92. The van der Waals surface area contributed by atoms with Gasteiger partial charge in [-0.05, 0) is 81.4 Å². The number of carbonyl (C=O) groups is 1. The van der Waals surface area contributed by atoms with Gasteiger partial charge in [0, 0.05) is 18.8 Å². The Morgan fingerprint density at radius 3 is 2.64 bits per heavy atom. The first-order chi connectivity index (χ1) is 17.3. The molecule has 0 amide bonds. The molecule has 0 aromatic carbocycles. The lowest BCUT2D eigenvalue weighted by molar-refractivity contribution is 0.0684. The second-order valence-corrected chi connectivity index (χ2v) is 10.9. The number of nitrogens with zero attached hydrogens (tertiary/aromatic N) is 5. The molecule has 190 valence electrons. The molecule has 5 rings (SSSR count). The average Bonchev–Trinajstić information content (AvgIpc) is 3.18. The van der Waals surface area contributed by atoms with Crippen LogP contribution >= 0.6 is 0 Å². The number of carboxylic acid groups (broad SMARTS) is 1. The summed E-state index contributed by atoms with van der Waals surface area (Å²) in [6, 6.07) is 4.31. The van der Waals surface area contributed by atoms with E-state index in [1.165, 1.54) is 30.4 Å². The number of nitrogens with one attached hydrogen (secondary N) is 1. The Bertz CT molecular complexity index is 1310. The summed E-state index contributed by atoms with van der Waals surface area (Å²) in [6.07, 6.45) is 11.0. The third kappa shape index (κ3) is 4.86. The predicted molar refractivity (Wildman–Crippen MR) is 141 cm³/mol. The number of carboxylic acids is 1. The van der Waals surface area contributed by atoms with Crippen LogP contribution < -0.4 is 5.32 Å². The molecule has 0 radical (unpaired) electrons. The fourth-order valence-electron chi connectivity index (χ4n) is 5.25. The van der Waals surface area contributed by atoms with E-state index in [-0.39, 0.29) is 11.9 Å². The van der Waals surface area contributed by atoms with E-state index in [1.807, 2.05) is 12.3 Å². The van der Waals surface area contributed by atoms with Gasteiger partial charge in [0.1, 0.15) is 11.2 Å². The highest BCUT2D eigenvalue weighted by Gasteiger charge is 2.28. The predicted octanol–water partition coefficient (Wildman–Crippen LogP) is 6.06. The van der Waals surface area contributed by atoms with Gasteiger partial charge in [0.2, 0.25) is 5.82 Å². The Labute approximate surface area is 212 Å². The van der Waals surface area contributed by atoms with Gasteiger partial charge >= 0.3 is 5.97 Å². The Kier molecular flexibility index (Phi) is 6.77. The van der Waals surface area contributed by atoms with Crippen LogP contribution in [0, 0.1) is 11.8 Å². The molecule has 2 aliphatic rings. The van der Waals surface area contributed by atoms with Crippen LogP contribution in [0.3, 0.4) is 0 Å². The Balaban J connectivity index is 1.67. The molecule has 3 heterocycles. The fourth-order valence-corrected chi connectivity index (χ4v) is 5.25. The maximum Gasteiger partial charge on any atom is 0.374 e. The number of pyridine rings is 1. The largest absolute Gasteiger partial charge is 0.475 e. The highest BCUT2D eigenvalue weighted by Crippen LogP contribution is 2.35. The highest BCUT2D eigenvalue weighted by atomic mass is 16.4. The minimum atomic E-state index is -1.15. The summed E-state index contributed by atoms with van der Waals surface area (Å²) in [6.45, 7) is 9.43. The third-order valence-electron chi connectivity index (χ3n) is 7.88. The minimum absolute atomic E-state index is 0.188. The van der Waals surface area contributed by atoms with Crippen molar-refractivity contribution in [1.82, 2.24) is 24.5 Å². The molecule has 0 spiro atoms. The number of allylic oxidation sites excluding steroid dienone is 2. The van der Waals surface area contributed by atoms with Crippen LogP contribution in [-0.2, 0) is 6.54 Å². The zero-order valence-electron chi connectivity index (χ0n) is 21.7. The summed E-state index contributed by atoms with van der Waals surface area (Å²) >= 11 is 0. The molecule has 3 aromatic rings. The molecule has 3 aromatic heterocycles. The summed E-state index contributed by atoms with van der Waals surface area (Å²) in [5, 5.41) is 13.3. The maximum absolute atomic E-state index is 11.9. The molecule has 0 aliphatic heterocycles. The topological polar surface area (TPSA) is 106 Å². The van der Waals surface area contributed by atoms with Crippen LogP contribution in [0.4, 0.5) is 5.82 Å². The van der Waals surface area contributed by atoms with Crippen LogP contribution in [0.15, 0.2) is 30.0 Å². The van der Waals surface area contributed by atoms with Gasteiger partial charge in [-0.15, -0.1) is 0 Å². The van der Waals surface area contributed by atoms with Crippen molar-refractivity contribution in [1.29, 1.82) is 0 Å². The molecule has 1 fully saturated rings. The van der Waals surface area contributed by atoms with Crippen LogP contribution in [-0.4, -0.2) is 41.6 Å². The van der Waals surface area contributed by atoms with Crippen molar-refractivity contribution >= 4 is 23.0 Å². The van der Waals surface area contributed by atoms with Crippen molar-refractivity contribution in [3.05, 3.63) is 41.4 Å². The smallest absolute Gasteiger partial charge is 0.374 e. The first-order valence-corrected chi connectivity index (χ1v) is 13.2. The summed E-state index contributed by atoms with van der Waals surface area (Å²) in [7, 11) is 0. The van der Waals surface area contributed by atoms with E-state index in [9.17, 15) is 9.90 Å². The van der Waals surface area contributed by atoms with Gasteiger partial charge in [0.05, 0.1) is 0 Å². The normalized spacial score (nSPS) is 19.2. The molecule has 2 atom stereocenters.